The van der Waals surface area contributed by atoms with E-state index in [4.69, 9.17) is 15.2 Å². The Balaban J connectivity index is 2.72. The fourth-order valence-electron chi connectivity index (χ4n) is 1.82. The van der Waals surface area contributed by atoms with E-state index in [-0.39, 0.29) is 25.0 Å². The van der Waals surface area contributed by atoms with Crippen molar-refractivity contribution in [1.82, 2.24) is 9.80 Å². The van der Waals surface area contributed by atoms with Gasteiger partial charge in [0.1, 0.15) is 5.54 Å². The van der Waals surface area contributed by atoms with E-state index in [1.54, 1.807) is 21.2 Å². The van der Waals surface area contributed by atoms with Gasteiger partial charge in [-0.25, -0.2) is 0 Å². The lowest BCUT2D eigenvalue weighted by Gasteiger charge is -2.30. The van der Waals surface area contributed by atoms with Crippen LogP contribution in [0.5, 0.6) is 0 Å². The lowest BCUT2D eigenvalue weighted by Crippen LogP contribution is -2.58. The number of hydrogen-bond acceptors (Lipinski definition) is 5. The van der Waals surface area contributed by atoms with Gasteiger partial charge in [-0.2, -0.15) is 0 Å². The Morgan fingerprint density at radius 1 is 1.42 bits per heavy atom. The highest BCUT2D eigenvalue weighted by atomic mass is 16.5. The van der Waals surface area contributed by atoms with Gasteiger partial charge in [0, 0.05) is 34.4 Å². The minimum Gasteiger partial charge on any atom is -0.383 e. The quantitative estimate of drug-likeness (QED) is 0.648. The monoisotopic (exact) mass is 273 g/mol. The number of amides is 2. The number of hydrogen-bond donors (Lipinski definition) is 1. The van der Waals surface area contributed by atoms with Crippen molar-refractivity contribution >= 4 is 11.8 Å². The molecule has 1 rings (SSSR count). The van der Waals surface area contributed by atoms with E-state index < -0.39 is 5.54 Å². The molecule has 1 heterocycles. The predicted octanol–water partition coefficient (Wildman–Crippen LogP) is -1.33. The number of rotatable bonds is 6. The van der Waals surface area contributed by atoms with Crippen LogP contribution in [0.2, 0.25) is 0 Å². The molecule has 7 nitrogen and oxygen atoms in total. The van der Waals surface area contributed by atoms with E-state index >= 15 is 0 Å². The van der Waals surface area contributed by atoms with Gasteiger partial charge in [-0.3, -0.25) is 9.59 Å². The van der Waals surface area contributed by atoms with Crippen molar-refractivity contribution in [2.24, 2.45) is 5.73 Å². The van der Waals surface area contributed by atoms with Gasteiger partial charge in [0.2, 0.25) is 11.8 Å². The summed E-state index contributed by atoms with van der Waals surface area (Å²) in [6.45, 7) is 1.39. The zero-order valence-corrected chi connectivity index (χ0v) is 11.8. The molecule has 2 N–H and O–H groups in total. The summed E-state index contributed by atoms with van der Waals surface area (Å²) in [5.74, 6) is -0.399. The van der Waals surface area contributed by atoms with Crippen LogP contribution in [0.25, 0.3) is 0 Å². The van der Waals surface area contributed by atoms with Gasteiger partial charge in [0.05, 0.1) is 19.8 Å². The fourth-order valence-corrected chi connectivity index (χ4v) is 1.82. The summed E-state index contributed by atoms with van der Waals surface area (Å²) < 4.78 is 10.2. The second kappa shape index (κ2) is 6.83. The first-order valence-electron chi connectivity index (χ1n) is 6.26. The Morgan fingerprint density at radius 2 is 2.11 bits per heavy atom. The first-order chi connectivity index (χ1) is 8.90. The van der Waals surface area contributed by atoms with Crippen molar-refractivity contribution in [1.29, 1.82) is 0 Å². The molecular formula is C12H23N3O4. The van der Waals surface area contributed by atoms with Crippen molar-refractivity contribution < 1.29 is 19.1 Å². The van der Waals surface area contributed by atoms with E-state index in [0.717, 1.165) is 0 Å². The van der Waals surface area contributed by atoms with Gasteiger partial charge in [-0.1, -0.05) is 0 Å². The number of likely N-dealkylation sites (N-methyl/N-ethyl adjacent to an activating group) is 1. The summed E-state index contributed by atoms with van der Waals surface area (Å²) in [4.78, 5) is 27.1. The molecule has 7 heteroatoms. The molecule has 0 aromatic rings. The molecule has 0 radical (unpaired) electrons. The summed E-state index contributed by atoms with van der Waals surface area (Å²) in [7, 11) is 4.85. The van der Waals surface area contributed by atoms with Crippen molar-refractivity contribution in [3.63, 3.8) is 0 Å². The summed E-state index contributed by atoms with van der Waals surface area (Å²) >= 11 is 0. The second-order valence-electron chi connectivity index (χ2n) is 4.97. The van der Waals surface area contributed by atoms with Crippen LogP contribution in [0.1, 0.15) is 6.42 Å². The number of nitrogens with two attached hydrogens (primary N) is 1. The van der Waals surface area contributed by atoms with Crippen LogP contribution in [-0.2, 0) is 19.1 Å². The minimum atomic E-state index is -1.01. The highest BCUT2D eigenvalue weighted by Gasteiger charge is 2.41. The van der Waals surface area contributed by atoms with Gasteiger partial charge in [-0.15, -0.1) is 0 Å². The molecule has 0 aromatic carbocycles. The Hall–Kier alpha value is -1.18. The normalized spacial score (nSPS) is 22.3. The van der Waals surface area contributed by atoms with Crippen molar-refractivity contribution in [2.45, 2.75) is 12.0 Å². The second-order valence-corrected chi connectivity index (χ2v) is 4.97. The third kappa shape index (κ3) is 4.15. The molecule has 110 valence electrons. The smallest absolute Gasteiger partial charge is 0.245 e. The van der Waals surface area contributed by atoms with E-state index in [0.29, 0.717) is 26.2 Å². The maximum absolute atomic E-state index is 12.4. The zero-order valence-electron chi connectivity index (χ0n) is 11.8. The average molecular weight is 273 g/mol. The topological polar surface area (TPSA) is 85.1 Å². The van der Waals surface area contributed by atoms with Crippen LogP contribution < -0.4 is 5.73 Å². The molecule has 19 heavy (non-hydrogen) atoms. The molecule has 0 aromatic heterocycles. The summed E-state index contributed by atoms with van der Waals surface area (Å²) in [5.41, 5.74) is 5.03. The average Bonchev–Trinajstić information content (AvgIpc) is 2.81. The van der Waals surface area contributed by atoms with Crippen molar-refractivity contribution in [2.75, 3.05) is 54.1 Å². The first kappa shape index (κ1) is 15.9. The predicted molar refractivity (Wildman–Crippen MR) is 69.5 cm³/mol. The van der Waals surface area contributed by atoms with Gasteiger partial charge in [0.15, 0.2) is 0 Å². The van der Waals surface area contributed by atoms with Gasteiger partial charge >= 0.3 is 0 Å². The van der Waals surface area contributed by atoms with Gasteiger partial charge < -0.3 is 25.0 Å². The van der Waals surface area contributed by atoms with Crippen LogP contribution in [-0.4, -0.2) is 81.3 Å². The molecule has 1 saturated heterocycles. The molecule has 0 spiro atoms. The van der Waals surface area contributed by atoms with E-state index in [9.17, 15) is 9.59 Å². The molecule has 1 aliphatic rings. The Bertz CT molecular complexity index is 327. The third-order valence-corrected chi connectivity index (χ3v) is 3.16. The number of methoxy groups -OCH3 is 1. The van der Waals surface area contributed by atoms with Crippen LogP contribution >= 0.6 is 0 Å². The molecule has 0 saturated carbocycles. The van der Waals surface area contributed by atoms with Crippen LogP contribution in [0.3, 0.4) is 0 Å². The fraction of sp³-hybridized carbons (Fsp3) is 0.833. The highest BCUT2D eigenvalue weighted by molar-refractivity contribution is 5.90. The van der Waals surface area contributed by atoms with E-state index in [2.05, 4.69) is 0 Å². The van der Waals surface area contributed by atoms with E-state index in [1.165, 1.54) is 9.80 Å². The summed E-state index contributed by atoms with van der Waals surface area (Å²) in [6.07, 6.45) is 0.478. The maximum Gasteiger partial charge on any atom is 0.245 e. The lowest BCUT2D eigenvalue weighted by atomic mass is 9.98. The van der Waals surface area contributed by atoms with Gasteiger partial charge in [0.25, 0.3) is 0 Å². The molecule has 1 atom stereocenters. The number of nitrogens with zero attached hydrogens (tertiary/aromatic N) is 2. The van der Waals surface area contributed by atoms with Crippen LogP contribution in [0, 0.1) is 0 Å². The van der Waals surface area contributed by atoms with E-state index in [1.807, 2.05) is 0 Å². The van der Waals surface area contributed by atoms with Crippen LogP contribution in [0.4, 0.5) is 0 Å². The molecule has 0 bridgehead atoms. The van der Waals surface area contributed by atoms with Crippen molar-refractivity contribution in [3.8, 4) is 0 Å². The molecule has 1 fully saturated rings. The number of carbonyl (C=O) groups excluding carboxylic acids is 2. The Kier molecular flexibility index (Phi) is 5.71. The van der Waals surface area contributed by atoms with Gasteiger partial charge in [-0.05, 0) is 6.42 Å². The Labute approximate surface area is 113 Å². The number of ether oxygens (including phenoxy) is 2. The SMILES string of the molecule is COCCN(CC(=O)N(C)C)C(=O)C1(N)CCOC1. The standard InChI is InChI=1S/C12H23N3O4/c1-14(2)10(16)8-15(5-7-18-3)11(17)12(13)4-6-19-9-12/h4-9,13H2,1-3H3. The third-order valence-electron chi connectivity index (χ3n) is 3.16. The number of carbonyl (C=O) groups is 2. The molecular weight excluding hydrogens is 250 g/mol. The van der Waals surface area contributed by atoms with Crippen LogP contribution in [0.15, 0.2) is 0 Å². The Morgan fingerprint density at radius 3 is 2.58 bits per heavy atom. The first-order valence-corrected chi connectivity index (χ1v) is 6.26. The largest absolute Gasteiger partial charge is 0.383 e. The summed E-state index contributed by atoms with van der Waals surface area (Å²) in [5, 5.41) is 0. The molecule has 2 amide bonds. The summed E-state index contributed by atoms with van der Waals surface area (Å²) in [6, 6.07) is 0. The minimum absolute atomic E-state index is 0.00808. The molecule has 1 unspecified atom stereocenters. The lowest BCUT2D eigenvalue weighted by molar-refractivity contribution is -0.143. The maximum atomic E-state index is 12.4. The van der Waals surface area contributed by atoms with Crippen molar-refractivity contribution in [3.05, 3.63) is 0 Å². The molecule has 0 aliphatic carbocycles. The molecule has 1 aliphatic heterocycles. The highest BCUT2D eigenvalue weighted by Crippen LogP contribution is 2.18. The zero-order chi connectivity index (χ0) is 14.5.